The van der Waals surface area contributed by atoms with Crippen LogP contribution in [-0.4, -0.2) is 59.1 Å². The van der Waals surface area contributed by atoms with Crippen molar-refractivity contribution in [3.05, 3.63) is 102 Å². The fraction of sp³-hybridized carbons (Fsp3) is 0.289. The number of nitriles is 1. The first kappa shape index (κ1) is 36.0. The van der Waals surface area contributed by atoms with E-state index in [0.717, 1.165) is 12.8 Å². The van der Waals surface area contributed by atoms with Gasteiger partial charge in [-0.15, -0.1) is 0 Å². The summed E-state index contributed by atoms with van der Waals surface area (Å²) in [5.41, 5.74) is 1.46. The molecule has 3 aromatic carbocycles. The van der Waals surface area contributed by atoms with Crippen LogP contribution in [0.15, 0.2) is 79.1 Å². The Morgan fingerprint density at radius 2 is 1.83 bits per heavy atom. The summed E-state index contributed by atoms with van der Waals surface area (Å²) in [7, 11) is -4.13. The Kier molecular flexibility index (Phi) is 10.3. The first-order valence-electron chi connectivity index (χ1n) is 16.7. The van der Waals surface area contributed by atoms with Crippen molar-refractivity contribution in [2.45, 2.75) is 57.9 Å². The van der Waals surface area contributed by atoms with Crippen LogP contribution >= 0.6 is 0 Å². The van der Waals surface area contributed by atoms with Gasteiger partial charge in [-0.05, 0) is 88.1 Å². The van der Waals surface area contributed by atoms with Gasteiger partial charge in [0.15, 0.2) is 0 Å². The third kappa shape index (κ3) is 8.38. The summed E-state index contributed by atoms with van der Waals surface area (Å²) in [6, 6.07) is 19.6. The summed E-state index contributed by atoms with van der Waals surface area (Å²) in [4.78, 5) is 28.0. The van der Waals surface area contributed by atoms with Crippen LogP contribution in [0.3, 0.4) is 0 Å². The van der Waals surface area contributed by atoms with Crippen LogP contribution in [0.5, 0.6) is 11.6 Å². The van der Waals surface area contributed by atoms with Crippen molar-refractivity contribution in [1.29, 1.82) is 5.26 Å². The SMILES string of the molecule is Cc1ccc2c(NS(=O)(=O)Cc3ccccc3C#N)c(F)ccc2c1Oc1ncccc1-c1ccnc(NC2CCCN(C(=O)OC(C)(C)C)C2)n1. The number of anilines is 2. The number of hydrogen-bond acceptors (Lipinski definition) is 10. The van der Waals surface area contributed by atoms with Crippen molar-refractivity contribution < 1.29 is 27.1 Å². The number of aryl methyl sites for hydroxylation is 1. The number of nitrogens with zero attached hydrogens (tertiary/aromatic N) is 5. The van der Waals surface area contributed by atoms with E-state index in [1.165, 1.54) is 18.2 Å². The van der Waals surface area contributed by atoms with E-state index in [4.69, 9.17) is 14.5 Å². The number of rotatable bonds is 9. The van der Waals surface area contributed by atoms with E-state index in [1.54, 1.807) is 65.8 Å². The molecule has 1 fully saturated rings. The van der Waals surface area contributed by atoms with Gasteiger partial charge in [-0.3, -0.25) is 4.72 Å². The number of pyridine rings is 1. The lowest BCUT2D eigenvalue weighted by atomic mass is 10.0. The normalized spacial score (nSPS) is 14.8. The van der Waals surface area contributed by atoms with Gasteiger partial charge >= 0.3 is 6.09 Å². The van der Waals surface area contributed by atoms with Crippen molar-refractivity contribution in [1.82, 2.24) is 19.9 Å². The summed E-state index contributed by atoms with van der Waals surface area (Å²) in [6.07, 6.45) is 4.45. The average Bonchev–Trinajstić information content (AvgIpc) is 3.10. The molecule has 0 saturated carbocycles. The number of carbonyl (C=O) groups excluding carboxylic acids is 1. The van der Waals surface area contributed by atoms with E-state index in [0.29, 0.717) is 52.6 Å². The first-order valence-corrected chi connectivity index (χ1v) is 18.4. The number of fused-ring (bicyclic) bond motifs is 1. The molecule has 1 saturated heterocycles. The monoisotopic (exact) mass is 723 g/mol. The van der Waals surface area contributed by atoms with E-state index in [2.05, 4.69) is 20.0 Å². The Hall–Kier alpha value is -5.81. The largest absolute Gasteiger partial charge is 0.444 e. The number of likely N-dealkylation sites (tertiary alicyclic amines) is 1. The fourth-order valence-corrected chi connectivity index (χ4v) is 7.21. The third-order valence-electron chi connectivity index (χ3n) is 8.35. The molecule has 6 rings (SSSR count). The number of halogens is 1. The van der Waals surface area contributed by atoms with Gasteiger partial charge in [0.2, 0.25) is 21.9 Å². The lowest BCUT2D eigenvalue weighted by Gasteiger charge is -2.34. The van der Waals surface area contributed by atoms with Gasteiger partial charge in [0.25, 0.3) is 0 Å². The van der Waals surface area contributed by atoms with Crippen LogP contribution in [0.4, 0.5) is 20.8 Å². The lowest BCUT2D eigenvalue weighted by Crippen LogP contribution is -2.47. The van der Waals surface area contributed by atoms with E-state index in [1.807, 2.05) is 33.8 Å². The van der Waals surface area contributed by atoms with Gasteiger partial charge < -0.3 is 19.7 Å². The van der Waals surface area contributed by atoms with E-state index >= 15 is 4.39 Å². The molecule has 3 heterocycles. The molecule has 1 aliphatic heterocycles. The van der Waals surface area contributed by atoms with Gasteiger partial charge in [0.1, 0.15) is 17.2 Å². The summed E-state index contributed by atoms with van der Waals surface area (Å²) in [5.74, 6) is -0.348. The van der Waals surface area contributed by atoms with Crippen molar-refractivity contribution in [3.8, 4) is 29.0 Å². The highest BCUT2D eigenvalue weighted by Gasteiger charge is 2.28. The second-order valence-corrected chi connectivity index (χ2v) is 15.2. The molecule has 1 aliphatic rings. The zero-order chi connectivity index (χ0) is 37.0. The predicted octanol–water partition coefficient (Wildman–Crippen LogP) is 7.56. The maximum absolute atomic E-state index is 15.3. The summed E-state index contributed by atoms with van der Waals surface area (Å²) >= 11 is 0. The second kappa shape index (κ2) is 14.8. The number of ether oxygens (including phenoxy) is 2. The van der Waals surface area contributed by atoms with Crippen molar-refractivity contribution in [2.24, 2.45) is 0 Å². The molecule has 12 nitrogen and oxygen atoms in total. The van der Waals surface area contributed by atoms with Crippen molar-refractivity contribution in [3.63, 3.8) is 0 Å². The average molecular weight is 724 g/mol. The molecule has 1 atom stereocenters. The third-order valence-corrected chi connectivity index (χ3v) is 9.55. The Labute approximate surface area is 301 Å². The predicted molar refractivity (Wildman–Crippen MR) is 196 cm³/mol. The van der Waals surface area contributed by atoms with Crippen LogP contribution < -0.4 is 14.8 Å². The Balaban J connectivity index is 1.26. The van der Waals surface area contributed by atoms with Crippen molar-refractivity contribution in [2.75, 3.05) is 23.1 Å². The fourth-order valence-electron chi connectivity index (χ4n) is 5.96. The number of piperidine rings is 1. The lowest BCUT2D eigenvalue weighted by molar-refractivity contribution is 0.0206. The zero-order valence-electron chi connectivity index (χ0n) is 29.2. The molecule has 14 heteroatoms. The smallest absolute Gasteiger partial charge is 0.410 e. The van der Waals surface area contributed by atoms with Gasteiger partial charge in [-0.2, -0.15) is 5.26 Å². The van der Waals surface area contributed by atoms with Crippen LogP contribution in [0.25, 0.3) is 22.0 Å². The minimum Gasteiger partial charge on any atom is -0.444 e. The summed E-state index contributed by atoms with van der Waals surface area (Å²) in [6.45, 7) is 8.38. The molecule has 5 aromatic rings. The molecular weight excluding hydrogens is 686 g/mol. The molecule has 2 N–H and O–H groups in total. The van der Waals surface area contributed by atoms with Crippen LogP contribution in [0.1, 0.15) is 50.3 Å². The Bertz CT molecular complexity index is 2290. The first-order chi connectivity index (χ1) is 24.8. The molecule has 1 unspecified atom stereocenters. The zero-order valence-corrected chi connectivity index (χ0v) is 30.0. The summed E-state index contributed by atoms with van der Waals surface area (Å²) < 4.78 is 56.3. The van der Waals surface area contributed by atoms with Gasteiger partial charge in [-0.1, -0.05) is 30.3 Å². The number of benzene rings is 3. The van der Waals surface area contributed by atoms with Gasteiger partial charge in [0, 0.05) is 42.3 Å². The van der Waals surface area contributed by atoms with Gasteiger partial charge in [0.05, 0.1) is 34.3 Å². The minimum atomic E-state index is -4.13. The molecular formula is C38H38FN7O5S. The maximum Gasteiger partial charge on any atom is 0.410 e. The molecule has 268 valence electrons. The highest BCUT2D eigenvalue weighted by atomic mass is 32.2. The molecule has 0 bridgehead atoms. The number of aromatic nitrogens is 3. The van der Waals surface area contributed by atoms with Crippen molar-refractivity contribution >= 4 is 38.5 Å². The van der Waals surface area contributed by atoms with E-state index < -0.39 is 27.2 Å². The number of nitrogens with one attached hydrogen (secondary N) is 2. The summed E-state index contributed by atoms with van der Waals surface area (Å²) in [5, 5.41) is 13.5. The van der Waals surface area contributed by atoms with Crippen LogP contribution in [0.2, 0.25) is 0 Å². The highest BCUT2D eigenvalue weighted by molar-refractivity contribution is 7.91. The topological polar surface area (TPSA) is 159 Å². The standard InChI is InChI=1S/C38H38FN7O5S/c1-24-13-14-28-29(15-16-31(39)33(28)45-52(48,49)23-26-10-6-5-9-25(26)21-40)34(24)50-35-30(12-7-18-41-35)32-17-19-42-36(44-32)43-27-11-8-20-46(22-27)37(47)51-38(2,3)4/h5-7,9-10,12-19,27,45H,8,11,20,22-23H2,1-4H3,(H,42,43,44). The number of amides is 1. The van der Waals surface area contributed by atoms with E-state index in [-0.39, 0.29) is 34.7 Å². The Morgan fingerprint density at radius 3 is 2.62 bits per heavy atom. The molecule has 52 heavy (non-hydrogen) atoms. The Morgan fingerprint density at radius 1 is 1.04 bits per heavy atom. The molecule has 0 radical (unpaired) electrons. The molecule has 0 aliphatic carbocycles. The van der Waals surface area contributed by atoms with Crippen LogP contribution in [0, 0.1) is 24.1 Å². The van der Waals surface area contributed by atoms with Crippen LogP contribution in [-0.2, 0) is 20.5 Å². The second-order valence-electron chi connectivity index (χ2n) is 13.5. The molecule has 0 spiro atoms. The quantitative estimate of drug-likeness (QED) is 0.155. The minimum absolute atomic E-state index is 0.0902. The molecule has 2 aromatic heterocycles. The van der Waals surface area contributed by atoms with E-state index in [9.17, 15) is 18.5 Å². The maximum atomic E-state index is 15.3. The van der Waals surface area contributed by atoms with Gasteiger partial charge in [-0.25, -0.2) is 32.6 Å². The molecule has 1 amide bonds. The number of carbonyl (C=O) groups is 1. The number of sulfonamides is 1. The number of hydrogen-bond donors (Lipinski definition) is 2. The highest BCUT2D eigenvalue weighted by Crippen LogP contribution is 2.40.